The number of carbonyl (C=O) groups is 1. The highest BCUT2D eigenvalue weighted by atomic mass is 16.1. The van der Waals surface area contributed by atoms with Gasteiger partial charge in [0.1, 0.15) is 0 Å². The average molecular weight is 222 g/mol. The van der Waals surface area contributed by atoms with Crippen molar-refractivity contribution in [2.24, 2.45) is 11.7 Å². The molecule has 16 heavy (non-hydrogen) atoms. The van der Waals surface area contributed by atoms with E-state index in [0.717, 1.165) is 39.0 Å². The van der Waals surface area contributed by atoms with Crippen molar-refractivity contribution < 1.29 is 4.79 Å². The average Bonchev–Trinajstić information content (AvgIpc) is 2.80. The van der Waals surface area contributed by atoms with Crippen LogP contribution in [0.3, 0.4) is 0 Å². The molecule has 1 fully saturated rings. The first-order chi connectivity index (χ1) is 7.75. The van der Waals surface area contributed by atoms with E-state index in [1.54, 1.807) is 6.20 Å². The first-order valence-electron chi connectivity index (χ1n) is 5.75. The number of piperidine rings is 1. The third kappa shape index (κ3) is 2.82. The first-order valence-corrected chi connectivity index (χ1v) is 5.75. The Morgan fingerprint density at radius 3 is 2.69 bits per heavy atom. The molecule has 2 rings (SSSR count). The van der Waals surface area contributed by atoms with Crippen LogP contribution in [0.1, 0.15) is 12.8 Å². The van der Waals surface area contributed by atoms with Gasteiger partial charge in [-0.3, -0.25) is 9.48 Å². The summed E-state index contributed by atoms with van der Waals surface area (Å²) in [5.74, 6) is -0.0623. The molecule has 0 aliphatic carbocycles. The highest BCUT2D eigenvalue weighted by molar-refractivity contribution is 5.76. The predicted molar refractivity (Wildman–Crippen MR) is 60.6 cm³/mol. The molecule has 1 aromatic heterocycles. The molecule has 1 aliphatic rings. The van der Waals surface area contributed by atoms with Crippen molar-refractivity contribution in [1.29, 1.82) is 0 Å². The van der Waals surface area contributed by atoms with Crippen LogP contribution >= 0.6 is 0 Å². The van der Waals surface area contributed by atoms with E-state index < -0.39 is 0 Å². The van der Waals surface area contributed by atoms with Crippen LogP contribution < -0.4 is 5.73 Å². The summed E-state index contributed by atoms with van der Waals surface area (Å²) in [6, 6.07) is 1.93. The highest BCUT2D eigenvalue weighted by Crippen LogP contribution is 2.16. The fourth-order valence-corrected chi connectivity index (χ4v) is 2.12. The Hall–Kier alpha value is -1.36. The lowest BCUT2D eigenvalue weighted by Gasteiger charge is -2.30. The van der Waals surface area contributed by atoms with Crippen LogP contribution in [-0.2, 0) is 11.3 Å². The van der Waals surface area contributed by atoms with Gasteiger partial charge in [-0.1, -0.05) is 0 Å². The molecule has 0 saturated carbocycles. The molecule has 5 nitrogen and oxygen atoms in total. The lowest BCUT2D eigenvalue weighted by molar-refractivity contribution is -0.123. The minimum Gasteiger partial charge on any atom is -0.369 e. The molecule has 0 bridgehead atoms. The fourth-order valence-electron chi connectivity index (χ4n) is 2.12. The molecule has 0 atom stereocenters. The van der Waals surface area contributed by atoms with Crippen LogP contribution in [0, 0.1) is 5.92 Å². The molecule has 0 aromatic carbocycles. The normalized spacial score (nSPS) is 18.8. The zero-order valence-corrected chi connectivity index (χ0v) is 9.38. The van der Waals surface area contributed by atoms with Gasteiger partial charge in [0.2, 0.25) is 5.91 Å². The van der Waals surface area contributed by atoms with E-state index in [9.17, 15) is 4.79 Å². The van der Waals surface area contributed by atoms with Crippen molar-refractivity contribution in [3.63, 3.8) is 0 Å². The zero-order chi connectivity index (χ0) is 11.4. The number of amides is 1. The number of nitrogens with two attached hydrogens (primary N) is 1. The summed E-state index contributed by atoms with van der Waals surface area (Å²) in [5.41, 5.74) is 5.29. The van der Waals surface area contributed by atoms with Crippen LogP contribution in [0.5, 0.6) is 0 Å². The minimum atomic E-state index is -0.147. The number of aromatic nitrogens is 2. The van der Waals surface area contributed by atoms with Gasteiger partial charge >= 0.3 is 0 Å². The molecule has 1 saturated heterocycles. The molecule has 0 unspecified atom stereocenters. The lowest BCUT2D eigenvalue weighted by atomic mass is 9.96. The second kappa shape index (κ2) is 5.12. The van der Waals surface area contributed by atoms with Crippen molar-refractivity contribution in [3.8, 4) is 0 Å². The van der Waals surface area contributed by atoms with Gasteiger partial charge in [-0.25, -0.2) is 0 Å². The van der Waals surface area contributed by atoms with Gasteiger partial charge in [0, 0.05) is 24.9 Å². The lowest BCUT2D eigenvalue weighted by Crippen LogP contribution is -2.39. The molecule has 1 aromatic rings. The second-order valence-corrected chi connectivity index (χ2v) is 4.29. The standard InChI is InChI=1S/C11H18N4O/c12-11(16)10-2-6-14(7-3-10)8-9-15-5-1-4-13-15/h1,4-5,10H,2-3,6-9H2,(H2,12,16). The molecular weight excluding hydrogens is 204 g/mol. The van der Waals surface area contributed by atoms with Crippen LogP contribution in [0.4, 0.5) is 0 Å². The summed E-state index contributed by atoms with van der Waals surface area (Å²) < 4.78 is 1.93. The third-order valence-corrected chi connectivity index (χ3v) is 3.19. The number of rotatable bonds is 4. The Labute approximate surface area is 95.2 Å². The summed E-state index contributed by atoms with van der Waals surface area (Å²) in [5, 5.41) is 4.16. The van der Waals surface area contributed by atoms with E-state index in [2.05, 4.69) is 10.00 Å². The molecule has 2 heterocycles. The Morgan fingerprint density at radius 2 is 2.12 bits per heavy atom. The van der Waals surface area contributed by atoms with E-state index in [1.165, 1.54) is 0 Å². The van der Waals surface area contributed by atoms with Crippen molar-refractivity contribution in [2.45, 2.75) is 19.4 Å². The van der Waals surface area contributed by atoms with Gasteiger partial charge in [-0.05, 0) is 32.0 Å². The van der Waals surface area contributed by atoms with E-state index in [-0.39, 0.29) is 11.8 Å². The highest BCUT2D eigenvalue weighted by Gasteiger charge is 2.22. The molecule has 1 amide bonds. The molecule has 0 radical (unpaired) electrons. The van der Waals surface area contributed by atoms with E-state index in [1.807, 2.05) is 16.9 Å². The molecule has 0 spiro atoms. The number of nitrogens with zero attached hydrogens (tertiary/aromatic N) is 3. The van der Waals surface area contributed by atoms with Crippen molar-refractivity contribution in [3.05, 3.63) is 18.5 Å². The Balaban J connectivity index is 1.71. The number of hydrogen-bond acceptors (Lipinski definition) is 3. The zero-order valence-electron chi connectivity index (χ0n) is 9.38. The predicted octanol–water partition coefficient (Wildman–Crippen LogP) is 0.0804. The maximum absolute atomic E-state index is 11.0. The topological polar surface area (TPSA) is 64.2 Å². The van der Waals surface area contributed by atoms with Crippen molar-refractivity contribution in [2.75, 3.05) is 19.6 Å². The third-order valence-electron chi connectivity index (χ3n) is 3.19. The number of likely N-dealkylation sites (tertiary alicyclic amines) is 1. The van der Waals surface area contributed by atoms with Gasteiger partial charge in [0.25, 0.3) is 0 Å². The number of hydrogen-bond donors (Lipinski definition) is 1. The first kappa shape index (κ1) is 11.1. The minimum absolute atomic E-state index is 0.0842. The van der Waals surface area contributed by atoms with Gasteiger partial charge in [0.15, 0.2) is 0 Å². The number of primary amides is 1. The van der Waals surface area contributed by atoms with Crippen LogP contribution in [0.15, 0.2) is 18.5 Å². The molecular formula is C11H18N4O. The largest absolute Gasteiger partial charge is 0.369 e. The Bertz CT molecular complexity index is 328. The van der Waals surface area contributed by atoms with E-state index in [4.69, 9.17) is 5.73 Å². The quantitative estimate of drug-likeness (QED) is 0.784. The summed E-state index contributed by atoms with van der Waals surface area (Å²) in [4.78, 5) is 13.4. The van der Waals surface area contributed by atoms with Crippen molar-refractivity contribution in [1.82, 2.24) is 14.7 Å². The molecule has 2 N–H and O–H groups in total. The molecule has 5 heteroatoms. The van der Waals surface area contributed by atoms with Crippen LogP contribution in [0.25, 0.3) is 0 Å². The number of carbonyl (C=O) groups excluding carboxylic acids is 1. The van der Waals surface area contributed by atoms with Gasteiger partial charge in [-0.15, -0.1) is 0 Å². The SMILES string of the molecule is NC(=O)C1CCN(CCn2cccn2)CC1. The smallest absolute Gasteiger partial charge is 0.220 e. The van der Waals surface area contributed by atoms with Crippen LogP contribution in [0.2, 0.25) is 0 Å². The van der Waals surface area contributed by atoms with Gasteiger partial charge < -0.3 is 10.6 Å². The Morgan fingerprint density at radius 1 is 1.38 bits per heavy atom. The van der Waals surface area contributed by atoms with Crippen molar-refractivity contribution >= 4 is 5.91 Å². The summed E-state index contributed by atoms with van der Waals surface area (Å²) in [6.45, 7) is 3.84. The Kier molecular flexibility index (Phi) is 3.56. The van der Waals surface area contributed by atoms with Gasteiger partial charge in [-0.2, -0.15) is 5.10 Å². The van der Waals surface area contributed by atoms with E-state index >= 15 is 0 Å². The molecule has 1 aliphatic heterocycles. The summed E-state index contributed by atoms with van der Waals surface area (Å²) >= 11 is 0. The maximum atomic E-state index is 11.0. The fraction of sp³-hybridized carbons (Fsp3) is 0.636. The second-order valence-electron chi connectivity index (χ2n) is 4.29. The van der Waals surface area contributed by atoms with Gasteiger partial charge in [0.05, 0.1) is 6.54 Å². The summed E-state index contributed by atoms with van der Waals surface area (Å²) in [6.07, 6.45) is 5.55. The summed E-state index contributed by atoms with van der Waals surface area (Å²) in [7, 11) is 0. The van der Waals surface area contributed by atoms with E-state index in [0.29, 0.717) is 0 Å². The van der Waals surface area contributed by atoms with Crippen LogP contribution in [-0.4, -0.2) is 40.2 Å². The molecule has 88 valence electrons. The maximum Gasteiger partial charge on any atom is 0.220 e. The monoisotopic (exact) mass is 222 g/mol.